The fourth-order valence-corrected chi connectivity index (χ4v) is 10.5. The highest BCUT2D eigenvalue weighted by atomic mass is 16.5. The second kappa shape index (κ2) is 19.4. The zero-order valence-corrected chi connectivity index (χ0v) is 40.4. The van der Waals surface area contributed by atoms with Gasteiger partial charge in [0, 0.05) is 44.5 Å². The molecule has 10 aromatic carbocycles. The number of ether oxygens (including phenoxy) is 1. The number of para-hydroxylation sites is 4. The van der Waals surface area contributed by atoms with Gasteiger partial charge in [0.2, 0.25) is 0 Å². The highest BCUT2D eigenvalue weighted by Gasteiger charge is 2.35. The average molecular weight is 946 g/mol. The molecular formula is C70H47N3O. The van der Waals surface area contributed by atoms with Crippen LogP contribution in [0.2, 0.25) is 0 Å². The number of nitrogens with zero attached hydrogens (tertiary/aromatic N) is 3. The lowest BCUT2D eigenvalue weighted by atomic mass is 9.76. The summed E-state index contributed by atoms with van der Waals surface area (Å²) >= 11 is 0. The third-order valence-electron chi connectivity index (χ3n) is 13.9. The van der Waals surface area contributed by atoms with E-state index in [1.54, 1.807) is 0 Å². The van der Waals surface area contributed by atoms with Crippen molar-refractivity contribution in [2.75, 3.05) is 4.90 Å². The van der Waals surface area contributed by atoms with Crippen molar-refractivity contribution >= 4 is 17.1 Å². The molecule has 0 amide bonds. The summed E-state index contributed by atoms with van der Waals surface area (Å²) in [5.41, 5.74) is 21.8. The Hall–Kier alpha value is -9.90. The summed E-state index contributed by atoms with van der Waals surface area (Å²) in [6.07, 6.45) is 0. The van der Waals surface area contributed by atoms with Crippen molar-refractivity contribution in [3.63, 3.8) is 0 Å². The minimum Gasteiger partial charge on any atom is -0.453 e. The van der Waals surface area contributed by atoms with Gasteiger partial charge < -0.3 is 9.64 Å². The molecule has 13 rings (SSSR count). The maximum Gasteiger partial charge on any atom is 0.151 e. The smallest absolute Gasteiger partial charge is 0.151 e. The van der Waals surface area contributed by atoms with E-state index < -0.39 is 0 Å². The Morgan fingerprint density at radius 2 is 0.473 bits per heavy atom. The molecule has 2 aromatic heterocycles. The lowest BCUT2D eigenvalue weighted by Crippen LogP contribution is -2.18. The molecule has 1 aliphatic rings. The van der Waals surface area contributed by atoms with E-state index in [0.717, 1.165) is 129 Å². The first kappa shape index (κ1) is 44.1. The summed E-state index contributed by atoms with van der Waals surface area (Å²) in [5.74, 6) is 1.56. The first-order valence-corrected chi connectivity index (χ1v) is 25.1. The highest BCUT2D eigenvalue weighted by Crippen LogP contribution is 2.61. The van der Waals surface area contributed by atoms with Gasteiger partial charge in [-0.15, -0.1) is 0 Å². The van der Waals surface area contributed by atoms with Crippen LogP contribution in [0.25, 0.3) is 101 Å². The lowest BCUT2D eigenvalue weighted by Gasteiger charge is -2.38. The molecule has 1 aliphatic heterocycles. The molecule has 4 nitrogen and oxygen atoms in total. The van der Waals surface area contributed by atoms with Gasteiger partial charge in [-0.1, -0.05) is 237 Å². The van der Waals surface area contributed by atoms with Crippen molar-refractivity contribution in [1.29, 1.82) is 0 Å². The standard InChI is InChI=1S/C70H47N3O/c1-6-22-48(23-7-1)57-32-20-34-59(71-57)50-40-44-55(45-41-50)66-65(52-26-10-3-11-27-52)67(56-46-42-51(43-47-56)60-35-21-33-58(72-60)49-24-8-2-9-25-49)69(54-30-14-5-15-31-54)70(68(66)53-28-12-4-13-29-53)73-61-36-16-18-38-63(61)74-64-39-19-17-37-62(64)73/h1-47H. The Bertz CT molecular complexity index is 3700. The number of fused-ring (bicyclic) bond motifs is 2. The van der Waals surface area contributed by atoms with Gasteiger partial charge in [0.25, 0.3) is 0 Å². The van der Waals surface area contributed by atoms with Crippen LogP contribution in [0.1, 0.15) is 0 Å². The van der Waals surface area contributed by atoms with Gasteiger partial charge in [-0.25, -0.2) is 9.97 Å². The summed E-state index contributed by atoms with van der Waals surface area (Å²) in [7, 11) is 0. The van der Waals surface area contributed by atoms with Crippen LogP contribution in [0.5, 0.6) is 11.5 Å². The minimum absolute atomic E-state index is 0.781. The van der Waals surface area contributed by atoms with E-state index in [1.165, 1.54) is 0 Å². The quantitative estimate of drug-likeness (QED) is 0.137. The molecule has 0 fully saturated rings. The molecule has 0 atom stereocenters. The Morgan fingerprint density at radius 1 is 0.216 bits per heavy atom. The molecule has 3 heterocycles. The maximum absolute atomic E-state index is 6.77. The van der Waals surface area contributed by atoms with Gasteiger partial charge in [-0.05, 0) is 81.9 Å². The molecule has 0 radical (unpaired) electrons. The van der Waals surface area contributed by atoms with Crippen LogP contribution >= 0.6 is 0 Å². The van der Waals surface area contributed by atoms with E-state index in [2.05, 4.69) is 278 Å². The van der Waals surface area contributed by atoms with Crippen molar-refractivity contribution in [1.82, 2.24) is 9.97 Å². The third-order valence-corrected chi connectivity index (χ3v) is 13.9. The van der Waals surface area contributed by atoms with Crippen LogP contribution in [-0.2, 0) is 0 Å². The van der Waals surface area contributed by atoms with E-state index in [1.807, 2.05) is 12.1 Å². The molecule has 0 spiro atoms. The number of aromatic nitrogens is 2. The monoisotopic (exact) mass is 945 g/mol. The fraction of sp³-hybridized carbons (Fsp3) is 0. The van der Waals surface area contributed by atoms with Crippen LogP contribution in [0, 0.1) is 0 Å². The van der Waals surface area contributed by atoms with Crippen molar-refractivity contribution in [2.45, 2.75) is 0 Å². The van der Waals surface area contributed by atoms with Gasteiger partial charge >= 0.3 is 0 Å². The van der Waals surface area contributed by atoms with Crippen LogP contribution in [0.4, 0.5) is 17.1 Å². The summed E-state index contributed by atoms with van der Waals surface area (Å²) < 4.78 is 6.77. The van der Waals surface area contributed by atoms with Crippen LogP contribution in [-0.4, -0.2) is 9.97 Å². The average Bonchev–Trinajstić information content (AvgIpc) is 3.51. The van der Waals surface area contributed by atoms with Gasteiger partial charge in [0.15, 0.2) is 11.5 Å². The number of benzene rings is 10. The SMILES string of the molecule is c1ccc(-c2cccc(-c3ccc(-c4c(-c5ccccc5)c(-c5ccc(-c6cccc(-c7ccccc7)n6)cc5)c(-c5ccccc5)c(N5c6ccccc6Oc6ccccc65)c4-c4ccccc4)cc3)n2)cc1. The molecule has 12 aromatic rings. The molecule has 4 heteroatoms. The van der Waals surface area contributed by atoms with E-state index in [4.69, 9.17) is 14.7 Å². The second-order valence-electron chi connectivity index (χ2n) is 18.4. The van der Waals surface area contributed by atoms with Crippen LogP contribution in [0.3, 0.4) is 0 Å². The van der Waals surface area contributed by atoms with Crippen LogP contribution < -0.4 is 9.64 Å². The fourth-order valence-electron chi connectivity index (χ4n) is 10.5. The van der Waals surface area contributed by atoms with E-state index in [0.29, 0.717) is 0 Å². The predicted octanol–water partition coefficient (Wildman–Crippen LogP) is 19.1. The normalized spacial score (nSPS) is 11.6. The molecule has 0 saturated carbocycles. The van der Waals surface area contributed by atoms with Gasteiger partial charge in [0.1, 0.15) is 0 Å². The Kier molecular flexibility index (Phi) is 11.5. The highest BCUT2D eigenvalue weighted by molar-refractivity contribution is 6.16. The van der Waals surface area contributed by atoms with Crippen molar-refractivity contribution in [2.24, 2.45) is 0 Å². The Labute approximate surface area is 431 Å². The number of pyridine rings is 2. The Balaban J connectivity index is 1.14. The summed E-state index contributed by atoms with van der Waals surface area (Å²) in [6, 6.07) is 101. The minimum atomic E-state index is 0.781. The van der Waals surface area contributed by atoms with E-state index in [-0.39, 0.29) is 0 Å². The number of rotatable bonds is 10. The summed E-state index contributed by atoms with van der Waals surface area (Å²) in [4.78, 5) is 12.8. The number of hydrogen-bond donors (Lipinski definition) is 0. The molecule has 0 N–H and O–H groups in total. The second-order valence-corrected chi connectivity index (χ2v) is 18.4. The molecule has 0 bridgehead atoms. The summed E-state index contributed by atoms with van der Waals surface area (Å²) in [5, 5.41) is 0. The number of hydrogen-bond acceptors (Lipinski definition) is 4. The van der Waals surface area contributed by atoms with Gasteiger partial charge in [-0.2, -0.15) is 0 Å². The topological polar surface area (TPSA) is 38.2 Å². The zero-order chi connectivity index (χ0) is 49.2. The molecule has 348 valence electrons. The third kappa shape index (κ3) is 8.20. The lowest BCUT2D eigenvalue weighted by molar-refractivity contribution is 0.477. The maximum atomic E-state index is 6.77. The zero-order valence-electron chi connectivity index (χ0n) is 40.4. The van der Waals surface area contributed by atoms with Gasteiger partial charge in [0.05, 0.1) is 39.8 Å². The predicted molar refractivity (Wildman–Crippen MR) is 306 cm³/mol. The first-order valence-electron chi connectivity index (χ1n) is 25.1. The molecule has 0 unspecified atom stereocenters. The van der Waals surface area contributed by atoms with E-state index in [9.17, 15) is 0 Å². The molecular weight excluding hydrogens is 899 g/mol. The van der Waals surface area contributed by atoms with E-state index >= 15 is 0 Å². The number of anilines is 3. The largest absolute Gasteiger partial charge is 0.453 e. The van der Waals surface area contributed by atoms with Gasteiger partial charge in [-0.3, -0.25) is 0 Å². The van der Waals surface area contributed by atoms with Crippen LogP contribution in [0.15, 0.2) is 285 Å². The Morgan fingerprint density at radius 3 is 0.838 bits per heavy atom. The summed E-state index contributed by atoms with van der Waals surface area (Å²) in [6.45, 7) is 0. The molecule has 0 saturated heterocycles. The first-order chi connectivity index (χ1) is 36.7. The molecule has 0 aliphatic carbocycles. The molecule has 74 heavy (non-hydrogen) atoms. The van der Waals surface area contributed by atoms with Crippen molar-refractivity contribution < 1.29 is 4.74 Å². The van der Waals surface area contributed by atoms with Crippen molar-refractivity contribution in [3.05, 3.63) is 285 Å². The van der Waals surface area contributed by atoms with Crippen molar-refractivity contribution in [3.8, 4) is 112 Å².